The van der Waals surface area contributed by atoms with Crippen molar-refractivity contribution in [1.82, 2.24) is 9.80 Å². The van der Waals surface area contributed by atoms with E-state index in [1.807, 2.05) is 18.7 Å². The predicted molar refractivity (Wildman–Crippen MR) is 68.9 cm³/mol. The van der Waals surface area contributed by atoms with Gasteiger partial charge in [0.25, 0.3) is 0 Å². The van der Waals surface area contributed by atoms with Crippen LogP contribution in [-0.4, -0.2) is 62.1 Å². The Bertz CT molecular complexity index is 215. The molecule has 0 aromatic rings. The summed E-state index contributed by atoms with van der Waals surface area (Å²) in [7, 11) is 2.14. The van der Waals surface area contributed by atoms with E-state index < -0.39 is 0 Å². The van der Waals surface area contributed by atoms with Crippen LogP contribution in [0.15, 0.2) is 0 Å². The van der Waals surface area contributed by atoms with Crippen LogP contribution in [0.2, 0.25) is 0 Å². The molecule has 0 saturated carbocycles. The van der Waals surface area contributed by atoms with Crippen LogP contribution in [-0.2, 0) is 9.53 Å². The van der Waals surface area contributed by atoms with E-state index in [0.29, 0.717) is 6.04 Å². The SMILES string of the molecule is CC(C)N(C=O)CCN(C)CC1CCOCC1. The standard InChI is InChI=1S/C13H26N2O2/c1-12(2)15(11-16)7-6-14(3)10-13-4-8-17-9-5-13/h11-13H,4-10H2,1-3H3. The van der Waals surface area contributed by atoms with Crippen molar-refractivity contribution in [3.63, 3.8) is 0 Å². The topological polar surface area (TPSA) is 32.8 Å². The van der Waals surface area contributed by atoms with Gasteiger partial charge in [-0.05, 0) is 39.7 Å². The average molecular weight is 242 g/mol. The van der Waals surface area contributed by atoms with Crippen LogP contribution < -0.4 is 0 Å². The molecule has 0 aromatic carbocycles. The molecular formula is C13H26N2O2. The molecule has 1 aliphatic rings. The monoisotopic (exact) mass is 242 g/mol. The number of amides is 1. The van der Waals surface area contributed by atoms with Crippen LogP contribution in [0, 0.1) is 5.92 Å². The molecule has 4 nitrogen and oxygen atoms in total. The molecule has 0 unspecified atom stereocenters. The van der Waals surface area contributed by atoms with E-state index >= 15 is 0 Å². The van der Waals surface area contributed by atoms with Crippen LogP contribution in [0.25, 0.3) is 0 Å². The molecule has 17 heavy (non-hydrogen) atoms. The third-order valence-electron chi connectivity index (χ3n) is 3.45. The van der Waals surface area contributed by atoms with Gasteiger partial charge in [-0.2, -0.15) is 0 Å². The van der Waals surface area contributed by atoms with Gasteiger partial charge >= 0.3 is 0 Å². The molecule has 0 bridgehead atoms. The molecule has 0 aliphatic carbocycles. The fourth-order valence-corrected chi connectivity index (χ4v) is 2.18. The number of rotatable bonds is 7. The highest BCUT2D eigenvalue weighted by atomic mass is 16.5. The van der Waals surface area contributed by atoms with Gasteiger partial charge in [0.15, 0.2) is 0 Å². The molecule has 0 N–H and O–H groups in total. The van der Waals surface area contributed by atoms with Crippen LogP contribution in [0.4, 0.5) is 0 Å². The van der Waals surface area contributed by atoms with Crippen molar-refractivity contribution in [2.24, 2.45) is 5.92 Å². The number of ether oxygens (including phenoxy) is 1. The maximum atomic E-state index is 10.8. The molecule has 100 valence electrons. The van der Waals surface area contributed by atoms with E-state index in [2.05, 4.69) is 11.9 Å². The lowest BCUT2D eigenvalue weighted by atomic mass is 10.00. The largest absolute Gasteiger partial charge is 0.381 e. The lowest BCUT2D eigenvalue weighted by Crippen LogP contribution is -2.38. The number of carbonyl (C=O) groups excluding carboxylic acids is 1. The Labute approximate surface area is 105 Å². The maximum Gasteiger partial charge on any atom is 0.209 e. The Morgan fingerprint density at radius 1 is 1.29 bits per heavy atom. The molecule has 0 radical (unpaired) electrons. The first-order valence-corrected chi connectivity index (χ1v) is 6.60. The van der Waals surface area contributed by atoms with Crippen LogP contribution in [0.3, 0.4) is 0 Å². The highest BCUT2D eigenvalue weighted by Crippen LogP contribution is 2.15. The minimum Gasteiger partial charge on any atom is -0.381 e. The van der Waals surface area contributed by atoms with E-state index in [0.717, 1.165) is 45.2 Å². The van der Waals surface area contributed by atoms with Crippen molar-refractivity contribution < 1.29 is 9.53 Å². The first kappa shape index (κ1) is 14.5. The lowest BCUT2D eigenvalue weighted by molar-refractivity contribution is -0.119. The lowest BCUT2D eigenvalue weighted by Gasteiger charge is -2.29. The van der Waals surface area contributed by atoms with E-state index in [-0.39, 0.29) is 0 Å². The van der Waals surface area contributed by atoms with E-state index in [1.165, 1.54) is 12.8 Å². The number of likely N-dealkylation sites (N-methyl/N-ethyl adjacent to an activating group) is 1. The van der Waals surface area contributed by atoms with Crippen LogP contribution >= 0.6 is 0 Å². The molecule has 1 aliphatic heterocycles. The van der Waals surface area contributed by atoms with Gasteiger partial charge in [-0.1, -0.05) is 0 Å². The van der Waals surface area contributed by atoms with Gasteiger partial charge < -0.3 is 14.5 Å². The molecule has 4 heteroatoms. The highest BCUT2D eigenvalue weighted by Gasteiger charge is 2.16. The summed E-state index contributed by atoms with van der Waals surface area (Å²) >= 11 is 0. The van der Waals surface area contributed by atoms with Crippen molar-refractivity contribution in [1.29, 1.82) is 0 Å². The minimum atomic E-state index is 0.295. The normalized spacial score (nSPS) is 17.7. The second kappa shape index (κ2) is 7.67. The fraction of sp³-hybridized carbons (Fsp3) is 0.923. The van der Waals surface area contributed by atoms with E-state index in [1.54, 1.807) is 0 Å². The fourth-order valence-electron chi connectivity index (χ4n) is 2.18. The molecule has 1 saturated heterocycles. The van der Waals surface area contributed by atoms with Gasteiger partial charge in [0, 0.05) is 38.9 Å². The molecule has 0 atom stereocenters. The number of carbonyl (C=O) groups is 1. The first-order chi connectivity index (χ1) is 8.13. The number of hydrogen-bond donors (Lipinski definition) is 0. The van der Waals surface area contributed by atoms with Crippen LogP contribution in [0.5, 0.6) is 0 Å². The molecule has 1 amide bonds. The van der Waals surface area contributed by atoms with Crippen molar-refractivity contribution in [2.45, 2.75) is 32.7 Å². The van der Waals surface area contributed by atoms with Gasteiger partial charge in [0.05, 0.1) is 0 Å². The smallest absolute Gasteiger partial charge is 0.209 e. The van der Waals surface area contributed by atoms with Gasteiger partial charge in [-0.15, -0.1) is 0 Å². The second-order valence-corrected chi connectivity index (χ2v) is 5.25. The van der Waals surface area contributed by atoms with Gasteiger partial charge in [-0.25, -0.2) is 0 Å². The zero-order valence-corrected chi connectivity index (χ0v) is 11.4. The van der Waals surface area contributed by atoms with E-state index in [4.69, 9.17) is 4.74 Å². The molecule has 0 aromatic heterocycles. The Morgan fingerprint density at radius 3 is 2.47 bits per heavy atom. The van der Waals surface area contributed by atoms with Gasteiger partial charge in [0.1, 0.15) is 0 Å². The summed E-state index contributed by atoms with van der Waals surface area (Å²) in [6.45, 7) is 8.80. The molecule has 1 rings (SSSR count). The Kier molecular flexibility index (Phi) is 6.52. The summed E-state index contributed by atoms with van der Waals surface area (Å²) in [6.07, 6.45) is 3.30. The quantitative estimate of drug-likeness (QED) is 0.629. The Hall–Kier alpha value is -0.610. The third-order valence-corrected chi connectivity index (χ3v) is 3.45. The van der Waals surface area contributed by atoms with Crippen molar-refractivity contribution >= 4 is 6.41 Å². The van der Waals surface area contributed by atoms with Gasteiger partial charge in [0.2, 0.25) is 6.41 Å². The first-order valence-electron chi connectivity index (χ1n) is 6.60. The molecule has 0 spiro atoms. The number of hydrogen-bond acceptors (Lipinski definition) is 3. The summed E-state index contributed by atoms with van der Waals surface area (Å²) in [5, 5.41) is 0. The molecule has 1 fully saturated rings. The number of nitrogens with zero attached hydrogens (tertiary/aromatic N) is 2. The van der Waals surface area contributed by atoms with Crippen molar-refractivity contribution in [3.05, 3.63) is 0 Å². The molecule has 1 heterocycles. The summed E-state index contributed by atoms with van der Waals surface area (Å²) < 4.78 is 5.36. The third kappa shape index (κ3) is 5.50. The average Bonchev–Trinajstić information content (AvgIpc) is 2.30. The Morgan fingerprint density at radius 2 is 1.94 bits per heavy atom. The zero-order chi connectivity index (χ0) is 12.7. The summed E-state index contributed by atoms with van der Waals surface area (Å²) in [4.78, 5) is 15.0. The van der Waals surface area contributed by atoms with E-state index in [9.17, 15) is 4.79 Å². The van der Waals surface area contributed by atoms with Gasteiger partial charge in [-0.3, -0.25) is 4.79 Å². The summed E-state index contributed by atoms with van der Waals surface area (Å²) in [5.74, 6) is 0.762. The van der Waals surface area contributed by atoms with Crippen LogP contribution in [0.1, 0.15) is 26.7 Å². The van der Waals surface area contributed by atoms with Crippen molar-refractivity contribution in [3.8, 4) is 0 Å². The minimum absolute atomic E-state index is 0.295. The highest BCUT2D eigenvalue weighted by molar-refractivity contribution is 5.47. The Balaban J connectivity index is 2.19. The van der Waals surface area contributed by atoms with Crippen molar-refractivity contribution in [2.75, 3.05) is 39.9 Å². The second-order valence-electron chi connectivity index (χ2n) is 5.25. The predicted octanol–water partition coefficient (Wildman–Crippen LogP) is 1.21. The molecular weight excluding hydrogens is 216 g/mol. The zero-order valence-electron chi connectivity index (χ0n) is 11.4. The summed E-state index contributed by atoms with van der Waals surface area (Å²) in [6, 6.07) is 0.295. The summed E-state index contributed by atoms with van der Waals surface area (Å²) in [5.41, 5.74) is 0. The maximum absolute atomic E-state index is 10.8.